The molecule has 1 aromatic heterocycles. The smallest absolute Gasteiger partial charge is 0.193 e. The van der Waals surface area contributed by atoms with E-state index in [1.807, 2.05) is 17.7 Å². The normalized spacial score (nSPS) is 10.8. The molecule has 0 radical (unpaired) electrons. The maximum absolute atomic E-state index is 5.90. The molecule has 22 heavy (non-hydrogen) atoms. The lowest BCUT2D eigenvalue weighted by atomic mass is 10.2. The van der Waals surface area contributed by atoms with E-state index in [4.69, 9.17) is 15.2 Å². The predicted octanol–water partition coefficient (Wildman–Crippen LogP) is 1.98. The Labute approximate surface area is 146 Å². The fraction of sp³-hybridized carbons (Fsp3) is 0.286. The quantitative estimate of drug-likeness (QED) is 0.442. The molecule has 0 aliphatic heterocycles. The topological polar surface area (TPSA) is 86.7 Å². The van der Waals surface area contributed by atoms with Gasteiger partial charge in [0.25, 0.3) is 0 Å². The highest BCUT2D eigenvalue weighted by Crippen LogP contribution is 2.28. The number of halogens is 1. The van der Waals surface area contributed by atoms with E-state index >= 15 is 0 Å². The standard InChI is InChI=1S/C14H19N5O2.HI/c1-19-9-16-7-10(19)8-17-14(15)18-12-6-11(20-2)4-5-13(12)21-3;/h4-7,9H,8H2,1-3H3,(H3,15,17,18);1H. The van der Waals surface area contributed by atoms with Gasteiger partial charge in [-0.1, -0.05) is 0 Å². The number of anilines is 1. The van der Waals surface area contributed by atoms with Gasteiger partial charge in [0.1, 0.15) is 11.5 Å². The van der Waals surface area contributed by atoms with Crippen LogP contribution in [-0.2, 0) is 13.6 Å². The van der Waals surface area contributed by atoms with Crippen molar-refractivity contribution < 1.29 is 9.47 Å². The highest BCUT2D eigenvalue weighted by Gasteiger charge is 2.06. The van der Waals surface area contributed by atoms with Crippen molar-refractivity contribution in [2.75, 3.05) is 19.5 Å². The van der Waals surface area contributed by atoms with E-state index in [-0.39, 0.29) is 24.0 Å². The second-order valence-corrected chi connectivity index (χ2v) is 4.39. The lowest BCUT2D eigenvalue weighted by Gasteiger charge is -2.12. The summed E-state index contributed by atoms with van der Waals surface area (Å²) in [4.78, 5) is 8.31. The second-order valence-electron chi connectivity index (χ2n) is 4.39. The summed E-state index contributed by atoms with van der Waals surface area (Å²) in [5.41, 5.74) is 7.57. The van der Waals surface area contributed by atoms with E-state index < -0.39 is 0 Å². The number of hydrogen-bond donors (Lipinski definition) is 2. The molecule has 0 bridgehead atoms. The summed E-state index contributed by atoms with van der Waals surface area (Å²) in [7, 11) is 5.11. The molecular weight excluding hydrogens is 397 g/mol. The Morgan fingerprint density at radius 3 is 2.73 bits per heavy atom. The first kappa shape index (κ1) is 18.1. The third-order valence-electron chi connectivity index (χ3n) is 3.00. The number of aryl methyl sites for hydroxylation is 1. The molecular formula is C14H20IN5O2. The van der Waals surface area contributed by atoms with Gasteiger partial charge in [-0.05, 0) is 12.1 Å². The minimum atomic E-state index is 0. The van der Waals surface area contributed by atoms with Gasteiger partial charge in [0, 0.05) is 13.1 Å². The first-order valence-electron chi connectivity index (χ1n) is 6.38. The van der Waals surface area contributed by atoms with Gasteiger partial charge in [-0.2, -0.15) is 0 Å². The van der Waals surface area contributed by atoms with Crippen molar-refractivity contribution in [3.8, 4) is 11.5 Å². The van der Waals surface area contributed by atoms with Crippen molar-refractivity contribution in [1.29, 1.82) is 0 Å². The fourth-order valence-corrected chi connectivity index (χ4v) is 1.79. The van der Waals surface area contributed by atoms with Crippen LogP contribution < -0.4 is 20.5 Å². The van der Waals surface area contributed by atoms with Crippen LogP contribution in [0, 0.1) is 0 Å². The van der Waals surface area contributed by atoms with Gasteiger partial charge in [0.2, 0.25) is 0 Å². The van der Waals surface area contributed by atoms with Crippen LogP contribution in [0.5, 0.6) is 11.5 Å². The molecule has 0 amide bonds. The highest BCUT2D eigenvalue weighted by molar-refractivity contribution is 14.0. The minimum absolute atomic E-state index is 0. The molecule has 0 atom stereocenters. The number of aliphatic imine (C=N–C) groups is 1. The molecule has 3 N–H and O–H groups in total. The number of ether oxygens (including phenoxy) is 2. The molecule has 1 heterocycles. The Kier molecular flexibility index (Phi) is 6.96. The number of guanidine groups is 1. The van der Waals surface area contributed by atoms with Gasteiger partial charge >= 0.3 is 0 Å². The maximum atomic E-state index is 5.90. The third-order valence-corrected chi connectivity index (χ3v) is 3.00. The van der Waals surface area contributed by atoms with Crippen LogP contribution in [0.2, 0.25) is 0 Å². The lowest BCUT2D eigenvalue weighted by molar-refractivity contribution is 0.405. The van der Waals surface area contributed by atoms with Crippen molar-refractivity contribution in [3.05, 3.63) is 36.4 Å². The van der Waals surface area contributed by atoms with Crippen LogP contribution in [-0.4, -0.2) is 29.7 Å². The molecule has 0 saturated carbocycles. The van der Waals surface area contributed by atoms with Crippen LogP contribution in [0.15, 0.2) is 35.7 Å². The SMILES string of the molecule is COc1ccc(OC)c(NC(N)=NCc2cncn2C)c1.I. The zero-order chi connectivity index (χ0) is 15.2. The monoisotopic (exact) mass is 417 g/mol. The molecule has 1 aromatic carbocycles. The molecule has 2 rings (SSSR count). The number of hydrogen-bond acceptors (Lipinski definition) is 4. The largest absolute Gasteiger partial charge is 0.497 e. The van der Waals surface area contributed by atoms with Crippen molar-refractivity contribution in [1.82, 2.24) is 9.55 Å². The lowest BCUT2D eigenvalue weighted by Crippen LogP contribution is -2.23. The summed E-state index contributed by atoms with van der Waals surface area (Å²) in [5, 5.41) is 3.01. The number of benzene rings is 1. The number of nitrogens with two attached hydrogens (primary N) is 1. The molecule has 8 heteroatoms. The molecule has 0 fully saturated rings. The molecule has 7 nitrogen and oxygen atoms in total. The molecule has 0 spiro atoms. The third kappa shape index (κ3) is 4.52. The summed E-state index contributed by atoms with van der Waals surface area (Å²) in [6, 6.07) is 5.41. The van der Waals surface area contributed by atoms with Gasteiger partial charge in [-0.25, -0.2) is 9.98 Å². The Bertz CT molecular complexity index is 642. The van der Waals surface area contributed by atoms with Gasteiger partial charge in [-0.15, -0.1) is 24.0 Å². The molecule has 0 saturated heterocycles. The first-order valence-corrected chi connectivity index (χ1v) is 6.38. The molecule has 120 valence electrons. The van der Waals surface area contributed by atoms with Crippen LogP contribution in [0.3, 0.4) is 0 Å². The number of aromatic nitrogens is 2. The average molecular weight is 417 g/mol. The van der Waals surface area contributed by atoms with Gasteiger partial charge in [0.15, 0.2) is 5.96 Å². The van der Waals surface area contributed by atoms with E-state index in [1.54, 1.807) is 38.9 Å². The first-order chi connectivity index (χ1) is 10.1. The molecule has 0 aliphatic carbocycles. The summed E-state index contributed by atoms with van der Waals surface area (Å²) in [6.07, 6.45) is 3.47. The van der Waals surface area contributed by atoms with Crippen molar-refractivity contribution in [2.24, 2.45) is 17.8 Å². The zero-order valence-electron chi connectivity index (χ0n) is 12.7. The van der Waals surface area contributed by atoms with Gasteiger partial charge in [0.05, 0.1) is 44.7 Å². The molecule has 0 aliphatic rings. The molecule has 2 aromatic rings. The number of rotatable bonds is 5. The second kappa shape index (κ2) is 8.47. The number of methoxy groups -OCH3 is 2. The summed E-state index contributed by atoms with van der Waals surface area (Å²) >= 11 is 0. The Hall–Kier alpha value is -1.97. The minimum Gasteiger partial charge on any atom is -0.497 e. The maximum Gasteiger partial charge on any atom is 0.193 e. The van der Waals surface area contributed by atoms with Crippen molar-refractivity contribution in [3.63, 3.8) is 0 Å². The zero-order valence-corrected chi connectivity index (χ0v) is 15.1. The van der Waals surface area contributed by atoms with Crippen molar-refractivity contribution in [2.45, 2.75) is 6.54 Å². The highest BCUT2D eigenvalue weighted by atomic mass is 127. The average Bonchev–Trinajstić information content (AvgIpc) is 2.90. The van der Waals surface area contributed by atoms with E-state index in [2.05, 4.69) is 15.3 Å². The Morgan fingerprint density at radius 2 is 2.14 bits per heavy atom. The number of nitrogens with one attached hydrogen (secondary N) is 1. The Morgan fingerprint density at radius 1 is 1.36 bits per heavy atom. The van der Waals surface area contributed by atoms with Crippen molar-refractivity contribution >= 4 is 35.6 Å². The van der Waals surface area contributed by atoms with Crippen LogP contribution >= 0.6 is 24.0 Å². The van der Waals surface area contributed by atoms with Crippen LogP contribution in [0.4, 0.5) is 5.69 Å². The van der Waals surface area contributed by atoms with E-state index in [0.717, 1.165) is 5.69 Å². The number of imidazole rings is 1. The molecule has 0 unspecified atom stereocenters. The summed E-state index contributed by atoms with van der Waals surface area (Å²) in [6.45, 7) is 0.446. The van der Waals surface area contributed by atoms with E-state index in [9.17, 15) is 0 Å². The summed E-state index contributed by atoms with van der Waals surface area (Å²) < 4.78 is 12.3. The summed E-state index contributed by atoms with van der Waals surface area (Å²) in [5.74, 6) is 1.66. The van der Waals surface area contributed by atoms with Gasteiger partial charge in [-0.3, -0.25) is 0 Å². The van der Waals surface area contributed by atoms with Gasteiger partial charge < -0.3 is 25.1 Å². The van der Waals surface area contributed by atoms with Crippen LogP contribution in [0.25, 0.3) is 0 Å². The Balaban J connectivity index is 0.00000242. The number of nitrogens with zero attached hydrogens (tertiary/aromatic N) is 3. The van der Waals surface area contributed by atoms with E-state index in [0.29, 0.717) is 29.7 Å². The predicted molar refractivity (Wildman–Crippen MR) is 97.1 cm³/mol. The fourth-order valence-electron chi connectivity index (χ4n) is 1.79. The van der Waals surface area contributed by atoms with Crippen LogP contribution in [0.1, 0.15) is 5.69 Å². The van der Waals surface area contributed by atoms with E-state index in [1.165, 1.54) is 0 Å².